The Bertz CT molecular complexity index is 516. The highest BCUT2D eigenvalue weighted by Crippen LogP contribution is 2.14. The summed E-state index contributed by atoms with van der Waals surface area (Å²) in [5.74, 6) is 0.847. The number of nitrogens with one attached hydrogen (secondary N) is 2. The average Bonchev–Trinajstić information content (AvgIpc) is 2.48. The zero-order valence-corrected chi connectivity index (χ0v) is 12.5. The molecule has 5 nitrogen and oxygen atoms in total. The molecule has 2 atom stereocenters. The molecule has 1 heterocycles. The molecule has 1 aliphatic heterocycles. The number of amides is 1. The van der Waals surface area contributed by atoms with Gasteiger partial charge in [0, 0.05) is 18.2 Å². The standard InChI is InChI=1S/C16H22N2O3/c1-11-6-7-17-9-15(11)18-16(20)10-21-14-5-3-4-13(8-14)12(2)19/h3-5,8,11,15,17H,6-7,9-10H2,1-2H3,(H,18,20). The first kappa shape index (κ1) is 15.5. The van der Waals surface area contributed by atoms with Crippen molar-refractivity contribution in [1.29, 1.82) is 0 Å². The molecule has 2 unspecified atom stereocenters. The van der Waals surface area contributed by atoms with Crippen LogP contribution in [0.5, 0.6) is 5.75 Å². The SMILES string of the molecule is CC(=O)c1cccc(OCC(=O)NC2CNCCC2C)c1. The lowest BCUT2D eigenvalue weighted by molar-refractivity contribution is -0.124. The maximum atomic E-state index is 11.9. The minimum atomic E-state index is -0.135. The third kappa shape index (κ3) is 4.56. The number of ether oxygens (including phenoxy) is 1. The van der Waals surface area contributed by atoms with Gasteiger partial charge in [-0.2, -0.15) is 0 Å². The molecule has 5 heteroatoms. The summed E-state index contributed by atoms with van der Waals surface area (Å²) in [6.45, 7) is 5.41. The lowest BCUT2D eigenvalue weighted by Gasteiger charge is -2.30. The fourth-order valence-corrected chi connectivity index (χ4v) is 2.39. The Morgan fingerprint density at radius 2 is 2.24 bits per heavy atom. The topological polar surface area (TPSA) is 67.4 Å². The molecular weight excluding hydrogens is 268 g/mol. The van der Waals surface area contributed by atoms with Gasteiger partial charge in [-0.25, -0.2) is 0 Å². The van der Waals surface area contributed by atoms with Crippen LogP contribution >= 0.6 is 0 Å². The molecule has 1 saturated heterocycles. The molecule has 0 aromatic heterocycles. The highest BCUT2D eigenvalue weighted by Gasteiger charge is 2.22. The molecule has 0 saturated carbocycles. The van der Waals surface area contributed by atoms with E-state index in [-0.39, 0.29) is 24.3 Å². The van der Waals surface area contributed by atoms with Crippen LogP contribution in [-0.2, 0) is 4.79 Å². The van der Waals surface area contributed by atoms with Gasteiger partial charge in [0.15, 0.2) is 12.4 Å². The predicted octanol–water partition coefficient (Wildman–Crippen LogP) is 1.38. The average molecular weight is 290 g/mol. The van der Waals surface area contributed by atoms with Crippen LogP contribution in [-0.4, -0.2) is 37.4 Å². The molecule has 0 bridgehead atoms. The molecule has 0 aliphatic carbocycles. The van der Waals surface area contributed by atoms with Crippen LogP contribution in [0.4, 0.5) is 0 Å². The van der Waals surface area contributed by atoms with E-state index < -0.39 is 0 Å². The zero-order chi connectivity index (χ0) is 15.2. The first-order chi connectivity index (χ1) is 10.1. The second-order valence-corrected chi connectivity index (χ2v) is 5.52. The van der Waals surface area contributed by atoms with Gasteiger partial charge in [-0.3, -0.25) is 9.59 Å². The minimum absolute atomic E-state index is 0.0213. The largest absolute Gasteiger partial charge is 0.484 e. The number of rotatable bonds is 5. The molecule has 1 fully saturated rings. The number of Topliss-reactive ketones (excluding diaryl/α,β-unsaturated/α-hetero) is 1. The number of carbonyl (C=O) groups is 2. The van der Waals surface area contributed by atoms with Gasteiger partial charge >= 0.3 is 0 Å². The molecule has 1 aromatic carbocycles. The van der Waals surface area contributed by atoms with Crippen molar-refractivity contribution in [2.45, 2.75) is 26.3 Å². The monoisotopic (exact) mass is 290 g/mol. The molecule has 2 rings (SSSR count). The quantitative estimate of drug-likeness (QED) is 0.804. The summed E-state index contributed by atoms with van der Waals surface area (Å²) in [7, 11) is 0. The van der Waals surface area contributed by atoms with E-state index in [0.29, 0.717) is 17.2 Å². The zero-order valence-electron chi connectivity index (χ0n) is 12.5. The van der Waals surface area contributed by atoms with Crippen molar-refractivity contribution in [2.75, 3.05) is 19.7 Å². The number of benzene rings is 1. The normalized spacial score (nSPS) is 21.6. The van der Waals surface area contributed by atoms with Crippen LogP contribution in [0, 0.1) is 5.92 Å². The third-order valence-corrected chi connectivity index (χ3v) is 3.78. The highest BCUT2D eigenvalue weighted by atomic mass is 16.5. The molecule has 114 valence electrons. The van der Waals surface area contributed by atoms with Gasteiger partial charge in [0.2, 0.25) is 0 Å². The van der Waals surface area contributed by atoms with E-state index in [0.717, 1.165) is 19.5 Å². The van der Waals surface area contributed by atoms with E-state index in [9.17, 15) is 9.59 Å². The van der Waals surface area contributed by atoms with Gasteiger partial charge in [-0.05, 0) is 37.9 Å². The Kier molecular flexibility index (Phi) is 5.33. The Balaban J connectivity index is 1.83. The summed E-state index contributed by atoms with van der Waals surface area (Å²) in [4.78, 5) is 23.2. The fourth-order valence-electron chi connectivity index (χ4n) is 2.39. The van der Waals surface area contributed by atoms with Crippen LogP contribution in [0.3, 0.4) is 0 Å². The lowest BCUT2D eigenvalue weighted by atomic mass is 9.95. The van der Waals surface area contributed by atoms with E-state index in [1.807, 2.05) is 0 Å². The molecule has 0 spiro atoms. The molecular formula is C16H22N2O3. The van der Waals surface area contributed by atoms with Crippen LogP contribution in [0.15, 0.2) is 24.3 Å². The first-order valence-corrected chi connectivity index (χ1v) is 7.30. The van der Waals surface area contributed by atoms with Crippen molar-refractivity contribution in [2.24, 2.45) is 5.92 Å². The van der Waals surface area contributed by atoms with Crippen molar-refractivity contribution >= 4 is 11.7 Å². The number of piperidine rings is 1. The highest BCUT2D eigenvalue weighted by molar-refractivity contribution is 5.94. The van der Waals surface area contributed by atoms with Gasteiger partial charge in [0.25, 0.3) is 5.91 Å². The number of ketones is 1. The summed E-state index contributed by atoms with van der Waals surface area (Å²) in [6, 6.07) is 7.02. The van der Waals surface area contributed by atoms with Crippen LogP contribution in [0.2, 0.25) is 0 Å². The van der Waals surface area contributed by atoms with E-state index in [1.54, 1.807) is 24.3 Å². The maximum absolute atomic E-state index is 11.9. The number of hydrogen-bond donors (Lipinski definition) is 2. The second-order valence-electron chi connectivity index (χ2n) is 5.52. The Labute approximate surface area is 125 Å². The van der Waals surface area contributed by atoms with Crippen LogP contribution < -0.4 is 15.4 Å². The van der Waals surface area contributed by atoms with Crippen LogP contribution in [0.25, 0.3) is 0 Å². The predicted molar refractivity (Wildman–Crippen MR) is 80.5 cm³/mol. The Morgan fingerprint density at radius 3 is 2.95 bits per heavy atom. The third-order valence-electron chi connectivity index (χ3n) is 3.78. The molecule has 2 N–H and O–H groups in total. The van der Waals surface area contributed by atoms with Crippen molar-refractivity contribution in [1.82, 2.24) is 10.6 Å². The summed E-state index contributed by atoms with van der Waals surface area (Å²) in [5.41, 5.74) is 0.581. The van der Waals surface area contributed by atoms with Gasteiger partial charge < -0.3 is 15.4 Å². The van der Waals surface area contributed by atoms with E-state index in [2.05, 4.69) is 17.6 Å². The van der Waals surface area contributed by atoms with E-state index in [4.69, 9.17) is 4.74 Å². The maximum Gasteiger partial charge on any atom is 0.258 e. The van der Waals surface area contributed by atoms with E-state index >= 15 is 0 Å². The Hall–Kier alpha value is -1.88. The summed E-state index contributed by atoms with van der Waals surface area (Å²) in [5, 5.41) is 6.25. The van der Waals surface area contributed by atoms with Gasteiger partial charge in [0.1, 0.15) is 5.75 Å². The Morgan fingerprint density at radius 1 is 1.43 bits per heavy atom. The van der Waals surface area contributed by atoms with Crippen LogP contribution in [0.1, 0.15) is 30.6 Å². The minimum Gasteiger partial charge on any atom is -0.484 e. The number of carbonyl (C=O) groups excluding carboxylic acids is 2. The molecule has 21 heavy (non-hydrogen) atoms. The lowest BCUT2D eigenvalue weighted by Crippen LogP contribution is -2.51. The first-order valence-electron chi connectivity index (χ1n) is 7.30. The fraction of sp³-hybridized carbons (Fsp3) is 0.500. The van der Waals surface area contributed by atoms with Gasteiger partial charge in [0.05, 0.1) is 0 Å². The number of hydrogen-bond acceptors (Lipinski definition) is 4. The summed E-state index contributed by atoms with van der Waals surface area (Å²) in [6.07, 6.45) is 1.06. The molecule has 0 radical (unpaired) electrons. The smallest absolute Gasteiger partial charge is 0.258 e. The second kappa shape index (κ2) is 7.22. The molecule has 1 amide bonds. The van der Waals surface area contributed by atoms with Gasteiger partial charge in [-0.15, -0.1) is 0 Å². The van der Waals surface area contributed by atoms with Crippen molar-refractivity contribution in [3.63, 3.8) is 0 Å². The van der Waals surface area contributed by atoms with E-state index in [1.165, 1.54) is 6.92 Å². The summed E-state index contributed by atoms with van der Waals surface area (Å²) < 4.78 is 5.45. The van der Waals surface area contributed by atoms with Crippen molar-refractivity contribution in [3.8, 4) is 5.75 Å². The summed E-state index contributed by atoms with van der Waals surface area (Å²) >= 11 is 0. The van der Waals surface area contributed by atoms with Gasteiger partial charge in [-0.1, -0.05) is 19.1 Å². The van der Waals surface area contributed by atoms with Crippen molar-refractivity contribution in [3.05, 3.63) is 29.8 Å². The molecule has 1 aromatic rings. The molecule has 1 aliphatic rings. The van der Waals surface area contributed by atoms with Crippen molar-refractivity contribution < 1.29 is 14.3 Å².